The molecule has 2 aromatic carbocycles. The van der Waals surface area contributed by atoms with E-state index < -0.39 is 29.2 Å². The Balaban J connectivity index is 2.16. The molecule has 0 spiro atoms. The Hall–Kier alpha value is -2.76. The van der Waals surface area contributed by atoms with E-state index in [2.05, 4.69) is 4.74 Å². The van der Waals surface area contributed by atoms with E-state index in [0.29, 0.717) is 6.08 Å². The van der Waals surface area contributed by atoms with Gasteiger partial charge in [-0.25, -0.2) is 13.6 Å². The van der Waals surface area contributed by atoms with Crippen molar-refractivity contribution in [3.63, 3.8) is 0 Å². The maximum atomic E-state index is 14.0. The van der Waals surface area contributed by atoms with Crippen LogP contribution in [0.2, 0.25) is 0 Å². The molecule has 0 aliphatic heterocycles. The van der Waals surface area contributed by atoms with Gasteiger partial charge in [-0.15, -0.1) is 0 Å². The summed E-state index contributed by atoms with van der Waals surface area (Å²) in [6.07, 6.45) is 0.700. The average Bonchev–Trinajstić information content (AvgIpc) is 2.55. The van der Waals surface area contributed by atoms with Crippen LogP contribution in [0.5, 0.6) is 5.75 Å². The van der Waals surface area contributed by atoms with E-state index >= 15 is 0 Å². The van der Waals surface area contributed by atoms with Gasteiger partial charge in [-0.1, -0.05) is 30.3 Å². The first-order chi connectivity index (χ1) is 11.5. The molecule has 2 rings (SSSR count). The van der Waals surface area contributed by atoms with Crippen LogP contribution < -0.4 is 4.74 Å². The summed E-state index contributed by atoms with van der Waals surface area (Å²) >= 11 is 0. The molecule has 0 radical (unpaired) electrons. The zero-order valence-corrected chi connectivity index (χ0v) is 12.9. The van der Waals surface area contributed by atoms with Gasteiger partial charge in [0, 0.05) is 0 Å². The van der Waals surface area contributed by atoms with Gasteiger partial charge in [0.15, 0.2) is 17.4 Å². The summed E-state index contributed by atoms with van der Waals surface area (Å²) < 4.78 is 51.1. The van der Waals surface area contributed by atoms with Crippen LogP contribution in [-0.4, -0.2) is 12.6 Å². The molecule has 0 atom stereocenters. The van der Waals surface area contributed by atoms with Crippen molar-refractivity contribution in [2.75, 3.05) is 6.61 Å². The number of carbonyl (C=O) groups excluding carboxylic acids is 1. The van der Waals surface area contributed by atoms with Crippen molar-refractivity contribution in [3.8, 4) is 5.75 Å². The summed E-state index contributed by atoms with van der Waals surface area (Å²) in [6.45, 7) is 1.50. The number of ether oxygens (including phenoxy) is 2. The number of halogens is 3. The topological polar surface area (TPSA) is 35.5 Å². The summed E-state index contributed by atoms with van der Waals surface area (Å²) in [5.41, 5.74) is 0.594. The fourth-order valence-corrected chi connectivity index (χ4v) is 1.94. The Morgan fingerprint density at radius 1 is 1.12 bits per heavy atom. The molecule has 126 valence electrons. The fourth-order valence-electron chi connectivity index (χ4n) is 1.94. The molecule has 24 heavy (non-hydrogen) atoms. The number of benzene rings is 2. The molecule has 3 nitrogen and oxygen atoms in total. The molecule has 0 aromatic heterocycles. The minimum absolute atomic E-state index is 0.00488. The minimum atomic E-state index is -1.24. The van der Waals surface area contributed by atoms with E-state index in [9.17, 15) is 18.0 Å². The van der Waals surface area contributed by atoms with Gasteiger partial charge in [0.25, 0.3) is 0 Å². The normalized spacial score (nSPS) is 11.2. The third-order valence-electron chi connectivity index (χ3n) is 3.01. The third-order valence-corrected chi connectivity index (χ3v) is 3.01. The van der Waals surface area contributed by atoms with Crippen molar-refractivity contribution in [3.05, 3.63) is 71.1 Å². The third kappa shape index (κ3) is 4.62. The maximum absolute atomic E-state index is 14.0. The van der Waals surface area contributed by atoms with Crippen LogP contribution in [-0.2, 0) is 16.1 Å². The number of carbonyl (C=O) groups is 1. The highest BCUT2D eigenvalue weighted by molar-refractivity contribution is 5.91. The summed E-state index contributed by atoms with van der Waals surface area (Å²) in [5, 5.41) is 0. The van der Waals surface area contributed by atoms with E-state index in [-0.39, 0.29) is 18.8 Å². The quantitative estimate of drug-likeness (QED) is 0.579. The first kappa shape index (κ1) is 17.6. The number of rotatable bonds is 6. The smallest absolute Gasteiger partial charge is 0.367 e. The van der Waals surface area contributed by atoms with Crippen molar-refractivity contribution in [2.45, 2.75) is 13.5 Å². The maximum Gasteiger partial charge on any atom is 0.367 e. The molecule has 0 bridgehead atoms. The van der Waals surface area contributed by atoms with Crippen molar-refractivity contribution in [1.29, 1.82) is 0 Å². The van der Waals surface area contributed by atoms with Crippen LogP contribution in [0.4, 0.5) is 13.2 Å². The van der Waals surface area contributed by atoms with Crippen LogP contribution in [0.1, 0.15) is 18.1 Å². The van der Waals surface area contributed by atoms with Crippen LogP contribution in [0.15, 0.2) is 48.3 Å². The van der Waals surface area contributed by atoms with E-state index in [1.807, 2.05) is 6.07 Å². The number of esters is 1. The molecule has 0 amide bonds. The Kier molecular flexibility index (Phi) is 6.01. The second-order valence-corrected chi connectivity index (χ2v) is 4.80. The van der Waals surface area contributed by atoms with Gasteiger partial charge in [-0.2, -0.15) is 4.39 Å². The largest absolute Gasteiger partial charge is 0.483 e. The summed E-state index contributed by atoms with van der Waals surface area (Å²) in [4.78, 5) is 11.2. The lowest BCUT2D eigenvalue weighted by Crippen LogP contribution is -2.04. The zero-order chi connectivity index (χ0) is 17.5. The molecular formula is C18H15F3O3. The van der Waals surface area contributed by atoms with Gasteiger partial charge in [0.1, 0.15) is 6.61 Å². The van der Waals surface area contributed by atoms with E-state index in [1.54, 1.807) is 24.3 Å². The first-order valence-electron chi connectivity index (χ1n) is 7.21. The molecule has 0 N–H and O–H groups in total. The van der Waals surface area contributed by atoms with Crippen LogP contribution in [0.3, 0.4) is 0 Å². The number of hydrogen-bond donors (Lipinski definition) is 0. The lowest BCUT2D eigenvalue weighted by atomic mass is 10.1. The second kappa shape index (κ2) is 8.19. The molecular weight excluding hydrogens is 321 g/mol. The average molecular weight is 336 g/mol. The predicted octanol–water partition coefficient (Wildman–Crippen LogP) is 4.42. The highest BCUT2D eigenvalue weighted by Gasteiger charge is 2.15. The lowest BCUT2D eigenvalue weighted by Gasteiger charge is -2.09. The van der Waals surface area contributed by atoms with Crippen molar-refractivity contribution < 1.29 is 27.4 Å². The lowest BCUT2D eigenvalue weighted by molar-refractivity contribution is -0.140. The zero-order valence-electron chi connectivity index (χ0n) is 12.9. The molecule has 0 unspecified atom stereocenters. The van der Waals surface area contributed by atoms with Gasteiger partial charge in [0.05, 0.1) is 6.61 Å². The monoisotopic (exact) mass is 336 g/mol. The molecule has 0 aliphatic carbocycles. The second-order valence-electron chi connectivity index (χ2n) is 4.80. The minimum Gasteiger partial charge on any atom is -0.483 e. The van der Waals surface area contributed by atoms with Gasteiger partial charge in [0.2, 0.25) is 5.83 Å². The molecule has 0 fully saturated rings. The molecule has 0 saturated heterocycles. The Labute approximate surface area is 137 Å². The van der Waals surface area contributed by atoms with E-state index in [4.69, 9.17) is 4.74 Å². The van der Waals surface area contributed by atoms with E-state index in [0.717, 1.165) is 17.7 Å². The first-order valence-corrected chi connectivity index (χ1v) is 7.21. The fraction of sp³-hybridized carbons (Fsp3) is 0.167. The van der Waals surface area contributed by atoms with Gasteiger partial charge < -0.3 is 9.47 Å². The molecule has 0 aliphatic rings. The number of hydrogen-bond acceptors (Lipinski definition) is 3. The van der Waals surface area contributed by atoms with Gasteiger partial charge in [-0.05, 0) is 36.3 Å². The SMILES string of the molecule is CCOC(=O)/C(F)=C/c1cc(F)c(OCc2ccccc2)c(F)c1. The Morgan fingerprint density at radius 3 is 2.33 bits per heavy atom. The molecule has 2 aromatic rings. The molecule has 0 heterocycles. The van der Waals surface area contributed by atoms with Crippen molar-refractivity contribution in [2.24, 2.45) is 0 Å². The van der Waals surface area contributed by atoms with Gasteiger partial charge >= 0.3 is 5.97 Å². The summed E-state index contributed by atoms with van der Waals surface area (Å²) in [5.74, 6) is -4.98. The predicted molar refractivity (Wildman–Crippen MR) is 82.9 cm³/mol. The van der Waals surface area contributed by atoms with Crippen molar-refractivity contribution in [1.82, 2.24) is 0 Å². The van der Waals surface area contributed by atoms with Crippen molar-refractivity contribution >= 4 is 12.0 Å². The summed E-state index contributed by atoms with van der Waals surface area (Å²) in [6, 6.07) is 10.6. The molecule has 6 heteroatoms. The van der Waals surface area contributed by atoms with Crippen LogP contribution >= 0.6 is 0 Å². The summed E-state index contributed by atoms with van der Waals surface area (Å²) in [7, 11) is 0. The molecule has 0 saturated carbocycles. The highest BCUT2D eigenvalue weighted by atomic mass is 19.1. The van der Waals surface area contributed by atoms with Crippen LogP contribution in [0.25, 0.3) is 6.08 Å². The Bertz CT molecular complexity index is 719. The standard InChI is InChI=1S/C18H15F3O3/c1-2-23-18(22)16(21)10-13-8-14(19)17(15(20)9-13)24-11-12-6-4-3-5-7-12/h3-10H,2,11H2,1H3/b16-10-. The highest BCUT2D eigenvalue weighted by Crippen LogP contribution is 2.25. The van der Waals surface area contributed by atoms with Gasteiger partial charge in [-0.3, -0.25) is 0 Å². The Morgan fingerprint density at radius 2 is 1.75 bits per heavy atom. The van der Waals surface area contributed by atoms with Crippen LogP contribution in [0, 0.1) is 11.6 Å². The van der Waals surface area contributed by atoms with E-state index in [1.165, 1.54) is 6.92 Å².